The van der Waals surface area contributed by atoms with Crippen LogP contribution in [0.15, 0.2) is 76.9 Å². The van der Waals surface area contributed by atoms with Gasteiger partial charge in [-0.3, -0.25) is 14.5 Å². The fraction of sp³-hybridized carbons (Fsp3) is 0.0909. The average Bonchev–Trinajstić information content (AvgIpc) is 3.35. The maximum absolute atomic E-state index is 12.9. The minimum atomic E-state index is -0.935. The number of carbonyl (C=O) groups excluding carboxylic acids is 2. The topological polar surface area (TPSA) is 80.0 Å². The van der Waals surface area contributed by atoms with Crippen molar-refractivity contribution in [2.75, 3.05) is 12.0 Å². The van der Waals surface area contributed by atoms with Crippen LogP contribution in [0.25, 0.3) is 5.76 Å². The van der Waals surface area contributed by atoms with Gasteiger partial charge in [0, 0.05) is 16.3 Å². The first-order valence-corrected chi connectivity index (χ1v) is 9.13. The molecule has 1 saturated heterocycles. The summed E-state index contributed by atoms with van der Waals surface area (Å²) in [7, 11) is 1.50. The minimum absolute atomic E-state index is 0.0711. The Morgan fingerprint density at radius 2 is 1.90 bits per heavy atom. The van der Waals surface area contributed by atoms with Crippen LogP contribution in [0.1, 0.15) is 17.4 Å². The lowest BCUT2D eigenvalue weighted by Gasteiger charge is -2.23. The first kappa shape index (κ1) is 18.8. The highest BCUT2D eigenvalue weighted by molar-refractivity contribution is 6.51. The van der Waals surface area contributed by atoms with E-state index < -0.39 is 17.7 Å². The van der Waals surface area contributed by atoms with Crippen molar-refractivity contribution in [3.63, 3.8) is 0 Å². The zero-order chi connectivity index (χ0) is 20.5. The maximum atomic E-state index is 12.9. The van der Waals surface area contributed by atoms with Gasteiger partial charge >= 0.3 is 0 Å². The molecule has 29 heavy (non-hydrogen) atoms. The van der Waals surface area contributed by atoms with E-state index in [1.165, 1.54) is 18.3 Å². The summed E-state index contributed by atoms with van der Waals surface area (Å²) in [5.41, 5.74) is 0.703. The fourth-order valence-corrected chi connectivity index (χ4v) is 3.55. The van der Waals surface area contributed by atoms with Crippen LogP contribution in [-0.4, -0.2) is 23.9 Å². The number of hydrogen-bond donors (Lipinski definition) is 1. The van der Waals surface area contributed by atoms with Crippen LogP contribution in [0.5, 0.6) is 5.75 Å². The molecule has 0 saturated carbocycles. The summed E-state index contributed by atoms with van der Waals surface area (Å²) in [5, 5.41) is 11.4. The van der Waals surface area contributed by atoms with Gasteiger partial charge in [0.2, 0.25) is 0 Å². The molecule has 1 aliphatic rings. The molecule has 146 valence electrons. The Labute approximate surface area is 171 Å². The van der Waals surface area contributed by atoms with Gasteiger partial charge in [0.05, 0.1) is 18.9 Å². The fourth-order valence-electron chi connectivity index (χ4n) is 3.37. The third-order valence-corrected chi connectivity index (χ3v) is 4.92. The second kappa shape index (κ2) is 7.48. The molecule has 1 atom stereocenters. The number of benzene rings is 2. The zero-order valence-corrected chi connectivity index (χ0v) is 16.1. The molecule has 1 N–H and O–H groups in total. The molecule has 1 unspecified atom stereocenters. The quantitative estimate of drug-likeness (QED) is 0.388. The van der Waals surface area contributed by atoms with Crippen LogP contribution in [0.2, 0.25) is 5.02 Å². The van der Waals surface area contributed by atoms with Gasteiger partial charge in [-0.05, 0) is 42.5 Å². The van der Waals surface area contributed by atoms with Crippen molar-refractivity contribution < 1.29 is 23.8 Å². The average molecular weight is 410 g/mol. The number of carbonyl (C=O) groups is 2. The van der Waals surface area contributed by atoms with Crippen molar-refractivity contribution in [3.05, 3.63) is 88.8 Å². The molecule has 1 aliphatic heterocycles. The number of hydrogen-bond acceptors (Lipinski definition) is 5. The summed E-state index contributed by atoms with van der Waals surface area (Å²) in [4.78, 5) is 27.1. The van der Waals surface area contributed by atoms with E-state index in [9.17, 15) is 14.7 Å². The highest BCUT2D eigenvalue weighted by atomic mass is 35.5. The Morgan fingerprint density at radius 1 is 1.10 bits per heavy atom. The molecular weight excluding hydrogens is 394 g/mol. The number of ether oxygens (including phenoxy) is 1. The number of nitrogens with zero attached hydrogens (tertiary/aromatic N) is 1. The van der Waals surface area contributed by atoms with Crippen LogP contribution in [0.4, 0.5) is 5.69 Å². The van der Waals surface area contributed by atoms with Gasteiger partial charge in [-0.2, -0.15) is 0 Å². The number of methoxy groups -OCH3 is 1. The Morgan fingerprint density at radius 3 is 2.59 bits per heavy atom. The molecule has 0 radical (unpaired) electrons. The molecule has 1 amide bonds. The van der Waals surface area contributed by atoms with Gasteiger partial charge in [0.25, 0.3) is 11.7 Å². The molecule has 0 spiro atoms. The molecule has 7 heteroatoms. The van der Waals surface area contributed by atoms with E-state index in [-0.39, 0.29) is 11.3 Å². The van der Waals surface area contributed by atoms with Crippen molar-refractivity contribution in [1.29, 1.82) is 0 Å². The van der Waals surface area contributed by atoms with Crippen molar-refractivity contribution in [2.45, 2.75) is 6.04 Å². The number of ketones is 1. The molecule has 0 bridgehead atoms. The molecule has 4 rings (SSSR count). The third kappa shape index (κ3) is 3.28. The summed E-state index contributed by atoms with van der Waals surface area (Å²) in [6, 6.07) is 15.6. The zero-order valence-electron chi connectivity index (χ0n) is 15.3. The van der Waals surface area contributed by atoms with Crippen molar-refractivity contribution in [2.24, 2.45) is 0 Å². The predicted octanol–water partition coefficient (Wildman–Crippen LogP) is 4.57. The lowest BCUT2D eigenvalue weighted by Crippen LogP contribution is -2.29. The van der Waals surface area contributed by atoms with Crippen molar-refractivity contribution in [3.8, 4) is 5.75 Å². The van der Waals surface area contributed by atoms with Gasteiger partial charge in [0.15, 0.2) is 0 Å². The second-order valence-corrected chi connectivity index (χ2v) is 6.83. The number of Topliss-reactive ketones (excluding diaryl/α,β-unsaturated/α-hetero) is 1. The van der Waals surface area contributed by atoms with Gasteiger partial charge < -0.3 is 14.3 Å². The van der Waals surface area contributed by atoms with Crippen molar-refractivity contribution in [1.82, 2.24) is 0 Å². The van der Waals surface area contributed by atoms with E-state index in [4.69, 9.17) is 20.8 Å². The Balaban J connectivity index is 1.93. The minimum Gasteiger partial charge on any atom is -0.507 e. The summed E-state index contributed by atoms with van der Waals surface area (Å²) >= 11 is 6.09. The Bertz CT molecular complexity index is 1120. The van der Waals surface area contributed by atoms with E-state index in [0.717, 1.165) is 0 Å². The van der Waals surface area contributed by atoms with E-state index >= 15 is 0 Å². The summed E-state index contributed by atoms with van der Waals surface area (Å²) in [5.74, 6) is -1.06. The lowest BCUT2D eigenvalue weighted by atomic mass is 9.99. The molecule has 1 fully saturated rings. The van der Waals surface area contributed by atoms with Crippen molar-refractivity contribution >= 4 is 34.7 Å². The monoisotopic (exact) mass is 409 g/mol. The van der Waals surface area contributed by atoms with Crippen LogP contribution in [0.3, 0.4) is 0 Å². The SMILES string of the molecule is COc1cccc(/C(O)=C2/C(=O)C(=O)N(c3cccc(Cl)c3)C2c2ccco2)c1. The number of furan rings is 1. The standard InChI is InChI=1S/C22H16ClNO5/c1-28-16-8-2-5-13(11-16)20(25)18-19(17-9-4-10-29-17)24(22(27)21(18)26)15-7-3-6-14(23)12-15/h2-12,19,25H,1H3/b20-18-. The summed E-state index contributed by atoms with van der Waals surface area (Å²) < 4.78 is 10.7. The van der Waals surface area contributed by atoms with Crippen LogP contribution in [-0.2, 0) is 9.59 Å². The summed E-state index contributed by atoms with van der Waals surface area (Å²) in [6.45, 7) is 0. The van der Waals surface area contributed by atoms with E-state index in [1.54, 1.807) is 60.7 Å². The number of rotatable bonds is 4. The third-order valence-electron chi connectivity index (χ3n) is 4.69. The second-order valence-electron chi connectivity index (χ2n) is 6.40. The van der Waals surface area contributed by atoms with Gasteiger partial charge in [-0.25, -0.2) is 0 Å². The number of amides is 1. The number of halogens is 1. The Hall–Kier alpha value is -3.51. The highest BCUT2D eigenvalue weighted by Crippen LogP contribution is 2.42. The van der Waals surface area contributed by atoms with E-state index in [1.807, 2.05) is 0 Å². The van der Waals surface area contributed by atoms with Crippen LogP contribution in [0, 0.1) is 0 Å². The lowest BCUT2D eigenvalue weighted by molar-refractivity contribution is -0.132. The molecule has 1 aromatic heterocycles. The smallest absolute Gasteiger partial charge is 0.300 e. The number of aliphatic hydroxyl groups excluding tert-OH is 1. The highest BCUT2D eigenvalue weighted by Gasteiger charge is 2.48. The number of aliphatic hydroxyl groups is 1. The van der Waals surface area contributed by atoms with Crippen LogP contribution < -0.4 is 9.64 Å². The summed E-state index contributed by atoms with van der Waals surface area (Å²) in [6.07, 6.45) is 1.44. The molecule has 3 aromatic rings. The van der Waals surface area contributed by atoms with Gasteiger partial charge in [0.1, 0.15) is 23.3 Å². The normalized spacial score (nSPS) is 18.3. The molecular formula is C22H16ClNO5. The predicted molar refractivity (Wildman–Crippen MR) is 108 cm³/mol. The Kier molecular flexibility index (Phi) is 4.86. The first-order chi connectivity index (χ1) is 14.0. The van der Waals surface area contributed by atoms with E-state index in [2.05, 4.69) is 0 Å². The first-order valence-electron chi connectivity index (χ1n) is 8.75. The van der Waals surface area contributed by atoms with Gasteiger partial charge in [-0.15, -0.1) is 0 Å². The molecule has 0 aliphatic carbocycles. The van der Waals surface area contributed by atoms with Gasteiger partial charge in [-0.1, -0.05) is 29.8 Å². The molecule has 2 aromatic carbocycles. The maximum Gasteiger partial charge on any atom is 0.300 e. The molecule has 2 heterocycles. The number of anilines is 1. The largest absolute Gasteiger partial charge is 0.507 e. The van der Waals surface area contributed by atoms with E-state index in [0.29, 0.717) is 27.8 Å². The van der Waals surface area contributed by atoms with Crippen LogP contribution >= 0.6 is 11.6 Å². The molecule has 6 nitrogen and oxygen atoms in total.